The summed E-state index contributed by atoms with van der Waals surface area (Å²) in [6, 6.07) is 0.0273. The molecule has 2 unspecified atom stereocenters. The summed E-state index contributed by atoms with van der Waals surface area (Å²) in [6.45, 7) is 2.84. The molecule has 1 fully saturated rings. The van der Waals surface area contributed by atoms with Crippen LogP contribution in [-0.2, 0) is 16.4 Å². The second-order valence-electron chi connectivity index (χ2n) is 4.63. The van der Waals surface area contributed by atoms with Gasteiger partial charge in [0.1, 0.15) is 0 Å². The number of anilines is 1. The molecule has 1 saturated carbocycles. The van der Waals surface area contributed by atoms with E-state index in [0.717, 1.165) is 31.5 Å². The van der Waals surface area contributed by atoms with Gasteiger partial charge in [0.2, 0.25) is 0 Å². The van der Waals surface area contributed by atoms with E-state index in [-0.39, 0.29) is 11.3 Å². The van der Waals surface area contributed by atoms with Crippen molar-refractivity contribution in [1.29, 1.82) is 0 Å². The Hall–Kier alpha value is -1.04. The Labute approximate surface area is 102 Å². The molecule has 0 amide bonds. The molecule has 0 aliphatic heterocycles. The van der Waals surface area contributed by atoms with Crippen LogP contribution in [-0.4, -0.2) is 35.7 Å². The summed E-state index contributed by atoms with van der Waals surface area (Å²) in [7, 11) is -2.96. The Balaban J connectivity index is 2.08. The normalized spacial score (nSPS) is 25.1. The standard InChI is InChI=1S/C11H19N3O2S/c1-3-14-8-9(7-12-14)13-10-5-4-6-11(10)17(2,15)16/h7-8,10-11,13H,3-6H2,1-2H3. The van der Waals surface area contributed by atoms with E-state index in [1.54, 1.807) is 6.20 Å². The van der Waals surface area contributed by atoms with E-state index in [1.165, 1.54) is 6.26 Å². The Kier molecular flexibility index (Phi) is 3.42. The van der Waals surface area contributed by atoms with Gasteiger partial charge < -0.3 is 5.32 Å². The maximum atomic E-state index is 11.6. The van der Waals surface area contributed by atoms with Gasteiger partial charge in [-0.1, -0.05) is 0 Å². The summed E-state index contributed by atoms with van der Waals surface area (Å²) in [4.78, 5) is 0. The SMILES string of the molecule is CCn1cc(NC2CCCC2S(C)(=O)=O)cn1. The number of hydrogen-bond acceptors (Lipinski definition) is 4. The zero-order chi connectivity index (χ0) is 12.5. The number of aromatic nitrogens is 2. The summed E-state index contributed by atoms with van der Waals surface area (Å²) in [5.41, 5.74) is 0.910. The third-order valence-corrected chi connectivity index (χ3v) is 4.98. The van der Waals surface area contributed by atoms with Gasteiger partial charge in [0.15, 0.2) is 9.84 Å². The van der Waals surface area contributed by atoms with Gasteiger partial charge in [-0.05, 0) is 26.2 Å². The molecule has 0 spiro atoms. The maximum absolute atomic E-state index is 11.6. The minimum atomic E-state index is -2.96. The maximum Gasteiger partial charge on any atom is 0.152 e. The van der Waals surface area contributed by atoms with Gasteiger partial charge >= 0.3 is 0 Å². The van der Waals surface area contributed by atoms with Crippen molar-refractivity contribution >= 4 is 15.5 Å². The molecule has 96 valence electrons. The largest absolute Gasteiger partial charge is 0.378 e. The Morgan fingerprint density at radius 3 is 2.88 bits per heavy atom. The van der Waals surface area contributed by atoms with Crippen LogP contribution in [0.4, 0.5) is 5.69 Å². The third kappa shape index (κ3) is 2.80. The van der Waals surface area contributed by atoms with E-state index in [0.29, 0.717) is 0 Å². The lowest BCUT2D eigenvalue weighted by Crippen LogP contribution is -2.34. The molecule has 0 radical (unpaired) electrons. The van der Waals surface area contributed by atoms with Gasteiger partial charge in [-0.15, -0.1) is 0 Å². The highest BCUT2D eigenvalue weighted by atomic mass is 32.2. The Morgan fingerprint density at radius 1 is 1.53 bits per heavy atom. The number of nitrogens with zero attached hydrogens (tertiary/aromatic N) is 2. The lowest BCUT2D eigenvalue weighted by Gasteiger charge is -2.19. The first kappa shape index (κ1) is 12.4. The van der Waals surface area contributed by atoms with Crippen LogP contribution in [0, 0.1) is 0 Å². The first-order valence-corrected chi connectivity index (χ1v) is 7.94. The Morgan fingerprint density at radius 2 is 2.29 bits per heavy atom. The highest BCUT2D eigenvalue weighted by molar-refractivity contribution is 7.91. The van der Waals surface area contributed by atoms with E-state index in [1.807, 2.05) is 17.8 Å². The van der Waals surface area contributed by atoms with Gasteiger partial charge in [-0.2, -0.15) is 5.10 Å². The summed E-state index contributed by atoms with van der Waals surface area (Å²) in [5, 5.41) is 7.20. The third-order valence-electron chi connectivity index (χ3n) is 3.31. The number of nitrogens with one attached hydrogen (secondary N) is 1. The number of sulfone groups is 1. The number of hydrogen-bond donors (Lipinski definition) is 1. The van der Waals surface area contributed by atoms with Crippen molar-refractivity contribution in [1.82, 2.24) is 9.78 Å². The van der Waals surface area contributed by atoms with Gasteiger partial charge in [0.05, 0.1) is 17.1 Å². The minimum absolute atomic E-state index is 0.0273. The smallest absolute Gasteiger partial charge is 0.152 e. The molecule has 6 heteroatoms. The van der Waals surface area contributed by atoms with Gasteiger partial charge in [-0.3, -0.25) is 4.68 Å². The van der Waals surface area contributed by atoms with Crippen molar-refractivity contribution in [2.24, 2.45) is 0 Å². The van der Waals surface area contributed by atoms with Crippen molar-refractivity contribution in [3.05, 3.63) is 12.4 Å². The van der Waals surface area contributed by atoms with Crippen LogP contribution in [0.2, 0.25) is 0 Å². The van der Waals surface area contributed by atoms with Gasteiger partial charge in [0, 0.05) is 25.0 Å². The molecule has 0 bridgehead atoms. The Bertz CT molecular complexity index is 481. The topological polar surface area (TPSA) is 64.0 Å². The highest BCUT2D eigenvalue weighted by Gasteiger charge is 2.34. The van der Waals surface area contributed by atoms with E-state index >= 15 is 0 Å². The zero-order valence-electron chi connectivity index (χ0n) is 10.3. The van der Waals surface area contributed by atoms with Crippen LogP contribution in [0.15, 0.2) is 12.4 Å². The van der Waals surface area contributed by atoms with E-state index in [9.17, 15) is 8.42 Å². The van der Waals surface area contributed by atoms with Crippen molar-refractivity contribution in [2.75, 3.05) is 11.6 Å². The van der Waals surface area contributed by atoms with Crippen LogP contribution in [0.1, 0.15) is 26.2 Å². The first-order valence-electron chi connectivity index (χ1n) is 5.98. The van der Waals surface area contributed by atoms with Crippen LogP contribution >= 0.6 is 0 Å². The molecule has 1 aliphatic rings. The summed E-state index contributed by atoms with van der Waals surface area (Å²) >= 11 is 0. The van der Waals surface area contributed by atoms with Gasteiger partial charge in [0.25, 0.3) is 0 Å². The molecule has 17 heavy (non-hydrogen) atoms. The first-order chi connectivity index (χ1) is 8.00. The fourth-order valence-electron chi connectivity index (χ4n) is 2.43. The molecule has 0 saturated heterocycles. The fourth-order valence-corrected chi connectivity index (χ4v) is 3.82. The average molecular weight is 257 g/mol. The lowest BCUT2D eigenvalue weighted by atomic mass is 10.2. The molecule has 0 aromatic carbocycles. The molecule has 1 N–H and O–H groups in total. The molecular formula is C11H19N3O2S. The minimum Gasteiger partial charge on any atom is -0.378 e. The molecule has 1 aromatic heterocycles. The van der Waals surface area contributed by atoms with E-state index < -0.39 is 9.84 Å². The van der Waals surface area contributed by atoms with Gasteiger partial charge in [-0.25, -0.2) is 8.42 Å². The number of aryl methyl sites for hydroxylation is 1. The average Bonchev–Trinajstić information content (AvgIpc) is 2.85. The van der Waals surface area contributed by atoms with Crippen LogP contribution in [0.5, 0.6) is 0 Å². The monoisotopic (exact) mass is 257 g/mol. The van der Waals surface area contributed by atoms with Crippen molar-refractivity contribution in [3.8, 4) is 0 Å². The quantitative estimate of drug-likeness (QED) is 0.882. The summed E-state index contributed by atoms with van der Waals surface area (Å²) in [5.74, 6) is 0. The van der Waals surface area contributed by atoms with Crippen LogP contribution in [0.25, 0.3) is 0 Å². The van der Waals surface area contributed by atoms with Crippen molar-refractivity contribution in [2.45, 2.75) is 44.0 Å². The van der Waals surface area contributed by atoms with E-state index in [4.69, 9.17) is 0 Å². The predicted octanol–water partition coefficient (Wildman–Crippen LogP) is 1.28. The molecule has 5 nitrogen and oxygen atoms in total. The predicted molar refractivity (Wildman–Crippen MR) is 67.8 cm³/mol. The lowest BCUT2D eigenvalue weighted by molar-refractivity contribution is 0.579. The summed E-state index contributed by atoms with van der Waals surface area (Å²) in [6.07, 6.45) is 7.64. The second kappa shape index (κ2) is 4.68. The molecule has 1 aromatic rings. The summed E-state index contributed by atoms with van der Waals surface area (Å²) < 4.78 is 25.1. The van der Waals surface area contributed by atoms with Crippen molar-refractivity contribution < 1.29 is 8.42 Å². The molecule has 1 aliphatic carbocycles. The highest BCUT2D eigenvalue weighted by Crippen LogP contribution is 2.27. The second-order valence-corrected chi connectivity index (χ2v) is 6.90. The van der Waals surface area contributed by atoms with Crippen LogP contribution in [0.3, 0.4) is 0 Å². The number of rotatable bonds is 4. The molecule has 2 rings (SSSR count). The molecule has 1 heterocycles. The van der Waals surface area contributed by atoms with E-state index in [2.05, 4.69) is 10.4 Å². The van der Waals surface area contributed by atoms with Crippen LogP contribution < -0.4 is 5.32 Å². The zero-order valence-corrected chi connectivity index (χ0v) is 11.1. The molecular weight excluding hydrogens is 238 g/mol. The fraction of sp³-hybridized carbons (Fsp3) is 0.727. The van der Waals surface area contributed by atoms with Crippen molar-refractivity contribution in [3.63, 3.8) is 0 Å². The molecule has 2 atom stereocenters.